The SMILES string of the molecule is CC1CCC(NC2=NCC(C(C)C)S2)C1. The minimum Gasteiger partial charge on any atom is -0.362 e. The van der Waals surface area contributed by atoms with E-state index < -0.39 is 0 Å². The maximum absolute atomic E-state index is 4.60. The van der Waals surface area contributed by atoms with Crippen molar-refractivity contribution in [1.29, 1.82) is 0 Å². The molecule has 1 aliphatic carbocycles. The summed E-state index contributed by atoms with van der Waals surface area (Å²) in [7, 11) is 0. The quantitative estimate of drug-likeness (QED) is 0.783. The van der Waals surface area contributed by atoms with Gasteiger partial charge < -0.3 is 5.32 Å². The third-order valence-corrected chi connectivity index (χ3v) is 4.91. The fraction of sp³-hybridized carbons (Fsp3) is 0.917. The Labute approximate surface area is 97.3 Å². The van der Waals surface area contributed by atoms with Gasteiger partial charge in [-0.3, -0.25) is 4.99 Å². The molecule has 0 radical (unpaired) electrons. The van der Waals surface area contributed by atoms with Crippen molar-refractivity contribution in [3.05, 3.63) is 0 Å². The molecule has 0 aromatic heterocycles. The van der Waals surface area contributed by atoms with Crippen molar-refractivity contribution in [2.24, 2.45) is 16.8 Å². The molecule has 86 valence electrons. The van der Waals surface area contributed by atoms with E-state index in [0.29, 0.717) is 11.3 Å². The fourth-order valence-electron chi connectivity index (χ4n) is 2.33. The van der Waals surface area contributed by atoms with Crippen LogP contribution in [0.1, 0.15) is 40.0 Å². The monoisotopic (exact) mass is 226 g/mol. The van der Waals surface area contributed by atoms with E-state index in [-0.39, 0.29) is 0 Å². The van der Waals surface area contributed by atoms with E-state index in [2.05, 4.69) is 31.1 Å². The zero-order chi connectivity index (χ0) is 10.8. The lowest BCUT2D eigenvalue weighted by atomic mass is 10.1. The van der Waals surface area contributed by atoms with Gasteiger partial charge in [-0.05, 0) is 31.1 Å². The van der Waals surface area contributed by atoms with Gasteiger partial charge in [-0.15, -0.1) is 0 Å². The average molecular weight is 226 g/mol. The van der Waals surface area contributed by atoms with Crippen LogP contribution >= 0.6 is 11.8 Å². The van der Waals surface area contributed by atoms with Crippen LogP contribution in [0.15, 0.2) is 4.99 Å². The first-order chi connectivity index (χ1) is 7.15. The zero-order valence-corrected chi connectivity index (χ0v) is 10.8. The van der Waals surface area contributed by atoms with Crippen molar-refractivity contribution in [3.8, 4) is 0 Å². The largest absolute Gasteiger partial charge is 0.362 e. The molecule has 1 N–H and O–H groups in total. The Kier molecular flexibility index (Phi) is 3.60. The van der Waals surface area contributed by atoms with Gasteiger partial charge in [-0.25, -0.2) is 0 Å². The smallest absolute Gasteiger partial charge is 0.157 e. The van der Waals surface area contributed by atoms with E-state index in [1.165, 1.54) is 24.4 Å². The maximum Gasteiger partial charge on any atom is 0.157 e. The first kappa shape index (κ1) is 11.3. The third kappa shape index (κ3) is 2.90. The van der Waals surface area contributed by atoms with Crippen LogP contribution in [0.3, 0.4) is 0 Å². The first-order valence-electron chi connectivity index (χ1n) is 6.12. The number of nitrogens with zero attached hydrogens (tertiary/aromatic N) is 1. The van der Waals surface area contributed by atoms with E-state index in [4.69, 9.17) is 0 Å². The summed E-state index contributed by atoms with van der Waals surface area (Å²) < 4.78 is 0. The topological polar surface area (TPSA) is 24.4 Å². The van der Waals surface area contributed by atoms with Crippen molar-refractivity contribution in [3.63, 3.8) is 0 Å². The number of thioether (sulfide) groups is 1. The molecule has 3 heteroatoms. The molecule has 1 heterocycles. The fourth-order valence-corrected chi connectivity index (χ4v) is 3.42. The van der Waals surface area contributed by atoms with E-state index in [0.717, 1.165) is 18.4 Å². The van der Waals surface area contributed by atoms with Crippen LogP contribution in [0.5, 0.6) is 0 Å². The lowest BCUT2D eigenvalue weighted by molar-refractivity contribution is 0.572. The second-order valence-corrected chi connectivity index (χ2v) is 6.53. The van der Waals surface area contributed by atoms with Gasteiger partial charge >= 0.3 is 0 Å². The first-order valence-corrected chi connectivity index (χ1v) is 7.00. The van der Waals surface area contributed by atoms with Crippen molar-refractivity contribution in [1.82, 2.24) is 5.32 Å². The highest BCUT2D eigenvalue weighted by molar-refractivity contribution is 8.14. The van der Waals surface area contributed by atoms with Crippen LogP contribution in [0, 0.1) is 11.8 Å². The number of nitrogens with one attached hydrogen (secondary N) is 1. The summed E-state index contributed by atoms with van der Waals surface area (Å²) in [6, 6.07) is 0.692. The molecule has 2 aliphatic rings. The molecule has 2 rings (SSSR count). The summed E-state index contributed by atoms with van der Waals surface area (Å²) in [6.45, 7) is 7.93. The van der Waals surface area contributed by atoms with Crippen LogP contribution in [0.2, 0.25) is 0 Å². The standard InChI is InChI=1S/C12H22N2S/c1-8(2)11-7-13-12(15-11)14-10-5-4-9(3)6-10/h8-11H,4-7H2,1-3H3,(H,13,14). The van der Waals surface area contributed by atoms with Crippen LogP contribution < -0.4 is 5.32 Å². The molecule has 1 fully saturated rings. The summed E-state index contributed by atoms with van der Waals surface area (Å²) in [6.07, 6.45) is 4.03. The number of hydrogen-bond donors (Lipinski definition) is 1. The molecule has 0 aromatic carbocycles. The second-order valence-electron chi connectivity index (χ2n) is 5.31. The Hall–Kier alpha value is -0.180. The summed E-state index contributed by atoms with van der Waals surface area (Å²) in [5, 5.41) is 5.51. The summed E-state index contributed by atoms with van der Waals surface area (Å²) in [5.41, 5.74) is 0. The molecule has 3 unspecified atom stereocenters. The van der Waals surface area contributed by atoms with Crippen molar-refractivity contribution >= 4 is 16.9 Å². The molecule has 15 heavy (non-hydrogen) atoms. The number of hydrogen-bond acceptors (Lipinski definition) is 3. The Morgan fingerprint density at radius 3 is 2.73 bits per heavy atom. The van der Waals surface area contributed by atoms with Crippen LogP contribution in [-0.4, -0.2) is 23.0 Å². The zero-order valence-electron chi connectivity index (χ0n) is 9.99. The van der Waals surface area contributed by atoms with Gasteiger partial charge in [0.2, 0.25) is 0 Å². The van der Waals surface area contributed by atoms with Gasteiger partial charge in [0.05, 0.1) is 6.54 Å². The van der Waals surface area contributed by atoms with E-state index in [9.17, 15) is 0 Å². The predicted molar refractivity (Wildman–Crippen MR) is 68.5 cm³/mol. The van der Waals surface area contributed by atoms with E-state index in [1.54, 1.807) is 0 Å². The molecule has 3 atom stereocenters. The summed E-state index contributed by atoms with van der Waals surface area (Å²) >= 11 is 1.95. The highest BCUT2D eigenvalue weighted by atomic mass is 32.2. The van der Waals surface area contributed by atoms with Gasteiger partial charge in [0.1, 0.15) is 0 Å². The molecule has 0 bridgehead atoms. The van der Waals surface area contributed by atoms with Gasteiger partial charge in [0.15, 0.2) is 5.17 Å². The van der Waals surface area contributed by atoms with Crippen LogP contribution in [-0.2, 0) is 0 Å². The van der Waals surface area contributed by atoms with Gasteiger partial charge in [-0.1, -0.05) is 32.5 Å². The molecule has 1 aliphatic heterocycles. The Morgan fingerprint density at radius 2 is 2.20 bits per heavy atom. The lowest BCUT2D eigenvalue weighted by Crippen LogP contribution is -2.30. The summed E-state index contributed by atoms with van der Waals surface area (Å²) in [5.74, 6) is 1.64. The number of amidine groups is 1. The minimum absolute atomic E-state index is 0.692. The average Bonchev–Trinajstić information content (AvgIpc) is 2.76. The Morgan fingerprint density at radius 1 is 1.40 bits per heavy atom. The number of rotatable bonds is 2. The second kappa shape index (κ2) is 4.77. The third-order valence-electron chi connectivity index (χ3n) is 3.44. The highest BCUT2D eigenvalue weighted by Crippen LogP contribution is 2.29. The van der Waals surface area contributed by atoms with Crippen molar-refractivity contribution in [2.45, 2.75) is 51.3 Å². The van der Waals surface area contributed by atoms with Crippen LogP contribution in [0.25, 0.3) is 0 Å². The van der Waals surface area contributed by atoms with E-state index in [1.807, 2.05) is 11.8 Å². The maximum atomic E-state index is 4.60. The van der Waals surface area contributed by atoms with Gasteiger partial charge in [0, 0.05) is 11.3 Å². The van der Waals surface area contributed by atoms with Crippen molar-refractivity contribution < 1.29 is 0 Å². The minimum atomic E-state index is 0.692. The molecule has 2 nitrogen and oxygen atoms in total. The predicted octanol–water partition coefficient (Wildman–Crippen LogP) is 2.89. The van der Waals surface area contributed by atoms with Crippen LogP contribution in [0.4, 0.5) is 0 Å². The van der Waals surface area contributed by atoms with Crippen molar-refractivity contribution in [2.75, 3.05) is 6.54 Å². The number of aliphatic imine (C=N–C) groups is 1. The molecule has 0 aromatic rings. The molecule has 0 saturated heterocycles. The lowest BCUT2D eigenvalue weighted by Gasteiger charge is -2.15. The molecule has 0 amide bonds. The normalized spacial score (nSPS) is 36.0. The molecular weight excluding hydrogens is 204 g/mol. The Bertz CT molecular complexity index is 250. The summed E-state index contributed by atoms with van der Waals surface area (Å²) in [4.78, 5) is 4.60. The highest BCUT2D eigenvalue weighted by Gasteiger charge is 2.26. The Balaban J connectivity index is 1.77. The van der Waals surface area contributed by atoms with E-state index >= 15 is 0 Å². The molecule has 0 spiro atoms. The van der Waals surface area contributed by atoms with Gasteiger partial charge in [0.25, 0.3) is 0 Å². The molecule has 1 saturated carbocycles. The molecular formula is C12H22N2S. The van der Waals surface area contributed by atoms with Gasteiger partial charge in [-0.2, -0.15) is 0 Å².